The van der Waals surface area contributed by atoms with E-state index in [1.807, 2.05) is 6.92 Å². The highest BCUT2D eigenvalue weighted by molar-refractivity contribution is 5.88. The van der Waals surface area contributed by atoms with Gasteiger partial charge in [-0.2, -0.15) is 0 Å². The van der Waals surface area contributed by atoms with Crippen LogP contribution in [0.25, 0.3) is 0 Å². The summed E-state index contributed by atoms with van der Waals surface area (Å²) in [6, 6.07) is 3.37. The van der Waals surface area contributed by atoms with Gasteiger partial charge in [0.05, 0.1) is 5.56 Å². The number of rotatable bonds is 4. The van der Waals surface area contributed by atoms with Crippen molar-refractivity contribution in [3.8, 4) is 0 Å². The fourth-order valence-electron chi connectivity index (χ4n) is 2.61. The second-order valence-corrected chi connectivity index (χ2v) is 5.20. The number of aromatic carboxylic acids is 1. The van der Waals surface area contributed by atoms with Crippen LogP contribution in [-0.4, -0.2) is 29.1 Å². The molecule has 0 atom stereocenters. The molecule has 0 aromatic carbocycles. The SMILES string of the molecule is CCc1cc(C(=O)O)cc(N2CCC(CC)CC2)n1. The van der Waals surface area contributed by atoms with E-state index in [1.165, 1.54) is 19.3 Å². The van der Waals surface area contributed by atoms with Crippen molar-refractivity contribution in [1.29, 1.82) is 0 Å². The maximum atomic E-state index is 11.2. The first-order chi connectivity index (χ1) is 9.13. The summed E-state index contributed by atoms with van der Waals surface area (Å²) >= 11 is 0. The van der Waals surface area contributed by atoms with Gasteiger partial charge in [-0.3, -0.25) is 0 Å². The third kappa shape index (κ3) is 3.25. The molecule has 1 aliphatic rings. The maximum Gasteiger partial charge on any atom is 0.335 e. The van der Waals surface area contributed by atoms with Gasteiger partial charge in [0.2, 0.25) is 0 Å². The number of carboxylic acids is 1. The van der Waals surface area contributed by atoms with Crippen molar-refractivity contribution in [3.63, 3.8) is 0 Å². The second kappa shape index (κ2) is 6.04. The monoisotopic (exact) mass is 262 g/mol. The third-order valence-corrected chi connectivity index (χ3v) is 3.99. The van der Waals surface area contributed by atoms with Gasteiger partial charge in [-0.05, 0) is 37.3 Å². The summed E-state index contributed by atoms with van der Waals surface area (Å²) in [5, 5.41) is 9.16. The number of anilines is 1. The van der Waals surface area contributed by atoms with Crippen molar-refractivity contribution < 1.29 is 9.90 Å². The zero-order valence-corrected chi connectivity index (χ0v) is 11.7. The second-order valence-electron chi connectivity index (χ2n) is 5.20. The van der Waals surface area contributed by atoms with Crippen LogP contribution in [-0.2, 0) is 6.42 Å². The molecule has 0 bridgehead atoms. The number of hydrogen-bond donors (Lipinski definition) is 1. The normalized spacial score (nSPS) is 16.6. The van der Waals surface area contributed by atoms with Crippen molar-refractivity contribution in [2.45, 2.75) is 39.5 Å². The average Bonchev–Trinajstić information content (AvgIpc) is 2.46. The Morgan fingerprint density at radius 1 is 1.37 bits per heavy atom. The van der Waals surface area contributed by atoms with Crippen molar-refractivity contribution in [2.24, 2.45) is 5.92 Å². The van der Waals surface area contributed by atoms with E-state index in [-0.39, 0.29) is 0 Å². The van der Waals surface area contributed by atoms with Crippen molar-refractivity contribution in [2.75, 3.05) is 18.0 Å². The molecule has 1 fully saturated rings. The van der Waals surface area contributed by atoms with E-state index >= 15 is 0 Å². The standard InChI is InChI=1S/C15H22N2O2/c1-3-11-5-7-17(8-6-11)14-10-12(15(18)19)9-13(4-2)16-14/h9-11H,3-8H2,1-2H3,(H,18,19). The molecule has 0 saturated carbocycles. The molecule has 19 heavy (non-hydrogen) atoms. The molecule has 1 saturated heterocycles. The molecule has 4 nitrogen and oxygen atoms in total. The molecule has 0 radical (unpaired) electrons. The molecule has 1 N–H and O–H groups in total. The van der Waals surface area contributed by atoms with Crippen LogP contribution in [0.1, 0.15) is 49.2 Å². The maximum absolute atomic E-state index is 11.2. The minimum Gasteiger partial charge on any atom is -0.478 e. The van der Waals surface area contributed by atoms with Crippen LogP contribution in [0.15, 0.2) is 12.1 Å². The molecule has 0 aliphatic carbocycles. The largest absolute Gasteiger partial charge is 0.478 e. The summed E-state index contributed by atoms with van der Waals surface area (Å²) in [4.78, 5) is 17.9. The zero-order valence-electron chi connectivity index (χ0n) is 11.7. The van der Waals surface area contributed by atoms with Crippen LogP contribution >= 0.6 is 0 Å². The Hall–Kier alpha value is -1.58. The molecule has 0 unspecified atom stereocenters. The van der Waals surface area contributed by atoms with E-state index < -0.39 is 5.97 Å². The summed E-state index contributed by atoms with van der Waals surface area (Å²) in [7, 11) is 0. The molecule has 2 heterocycles. The summed E-state index contributed by atoms with van der Waals surface area (Å²) in [5.74, 6) is 0.762. The van der Waals surface area contributed by atoms with E-state index in [0.29, 0.717) is 5.56 Å². The third-order valence-electron chi connectivity index (χ3n) is 3.99. The molecule has 1 aromatic rings. The molecular weight excluding hydrogens is 240 g/mol. The molecule has 4 heteroatoms. The first-order valence-corrected chi connectivity index (χ1v) is 7.13. The lowest BCUT2D eigenvalue weighted by molar-refractivity contribution is 0.0696. The summed E-state index contributed by atoms with van der Waals surface area (Å²) < 4.78 is 0. The Bertz CT molecular complexity index is 451. The van der Waals surface area contributed by atoms with Crippen LogP contribution in [0, 0.1) is 5.92 Å². The van der Waals surface area contributed by atoms with Gasteiger partial charge in [0.15, 0.2) is 0 Å². The first-order valence-electron chi connectivity index (χ1n) is 7.13. The van der Waals surface area contributed by atoms with Crippen LogP contribution in [0.5, 0.6) is 0 Å². The van der Waals surface area contributed by atoms with Crippen LogP contribution in [0.2, 0.25) is 0 Å². The highest BCUT2D eigenvalue weighted by Crippen LogP contribution is 2.25. The first kappa shape index (κ1) is 13.8. The lowest BCUT2D eigenvalue weighted by Gasteiger charge is -2.32. The Morgan fingerprint density at radius 2 is 2.05 bits per heavy atom. The van der Waals surface area contributed by atoms with E-state index in [1.54, 1.807) is 12.1 Å². The van der Waals surface area contributed by atoms with Gasteiger partial charge in [-0.1, -0.05) is 20.3 Å². The highest BCUT2D eigenvalue weighted by atomic mass is 16.4. The summed E-state index contributed by atoms with van der Waals surface area (Å²) in [5.41, 5.74) is 1.20. The predicted octanol–water partition coefficient (Wildman–Crippen LogP) is 2.97. The number of hydrogen-bond acceptors (Lipinski definition) is 3. The Labute approximate surface area is 114 Å². The Morgan fingerprint density at radius 3 is 2.58 bits per heavy atom. The number of nitrogens with zero attached hydrogens (tertiary/aromatic N) is 2. The summed E-state index contributed by atoms with van der Waals surface area (Å²) in [6.45, 7) is 6.20. The minimum atomic E-state index is -0.873. The smallest absolute Gasteiger partial charge is 0.335 e. The van der Waals surface area contributed by atoms with Crippen molar-refractivity contribution in [1.82, 2.24) is 4.98 Å². The van der Waals surface area contributed by atoms with Crippen LogP contribution in [0.4, 0.5) is 5.82 Å². The van der Waals surface area contributed by atoms with Gasteiger partial charge >= 0.3 is 5.97 Å². The molecule has 1 aromatic heterocycles. The lowest BCUT2D eigenvalue weighted by atomic mass is 9.94. The van der Waals surface area contributed by atoms with Gasteiger partial charge in [0.25, 0.3) is 0 Å². The fraction of sp³-hybridized carbons (Fsp3) is 0.600. The van der Waals surface area contributed by atoms with Gasteiger partial charge < -0.3 is 10.0 Å². The fourth-order valence-corrected chi connectivity index (χ4v) is 2.61. The van der Waals surface area contributed by atoms with Gasteiger partial charge in [0.1, 0.15) is 5.82 Å². The summed E-state index contributed by atoms with van der Waals surface area (Å²) in [6.07, 6.45) is 4.35. The Balaban J connectivity index is 2.20. The number of pyridine rings is 1. The quantitative estimate of drug-likeness (QED) is 0.906. The van der Waals surface area contributed by atoms with Crippen LogP contribution in [0.3, 0.4) is 0 Å². The van der Waals surface area contributed by atoms with Crippen molar-refractivity contribution in [3.05, 3.63) is 23.4 Å². The number of piperidine rings is 1. The number of carbonyl (C=O) groups is 1. The predicted molar refractivity (Wildman–Crippen MR) is 75.8 cm³/mol. The van der Waals surface area contributed by atoms with E-state index in [2.05, 4.69) is 16.8 Å². The number of carboxylic acid groups (broad SMARTS) is 1. The van der Waals surface area contributed by atoms with Crippen LogP contribution < -0.4 is 4.90 Å². The van der Waals surface area contributed by atoms with E-state index in [0.717, 1.165) is 36.9 Å². The number of aromatic nitrogens is 1. The topological polar surface area (TPSA) is 53.4 Å². The highest BCUT2D eigenvalue weighted by Gasteiger charge is 2.20. The van der Waals surface area contributed by atoms with Gasteiger partial charge in [-0.25, -0.2) is 9.78 Å². The average molecular weight is 262 g/mol. The molecule has 0 amide bonds. The lowest BCUT2D eigenvalue weighted by Crippen LogP contribution is -2.34. The molecule has 2 rings (SSSR count). The van der Waals surface area contributed by atoms with Crippen molar-refractivity contribution >= 4 is 11.8 Å². The van der Waals surface area contributed by atoms with E-state index in [4.69, 9.17) is 5.11 Å². The van der Waals surface area contributed by atoms with Gasteiger partial charge in [0, 0.05) is 18.8 Å². The van der Waals surface area contributed by atoms with Gasteiger partial charge in [-0.15, -0.1) is 0 Å². The number of aryl methyl sites for hydroxylation is 1. The Kier molecular flexibility index (Phi) is 4.40. The van der Waals surface area contributed by atoms with E-state index in [9.17, 15) is 4.79 Å². The zero-order chi connectivity index (χ0) is 13.8. The molecular formula is C15H22N2O2. The molecule has 0 spiro atoms. The minimum absolute atomic E-state index is 0.347. The molecule has 1 aliphatic heterocycles. The molecule has 104 valence electrons.